The average Bonchev–Trinajstić information content (AvgIpc) is 2.47. The first-order valence-corrected chi connectivity index (χ1v) is 5.32. The molecule has 0 aromatic heterocycles. The van der Waals surface area contributed by atoms with Gasteiger partial charge in [-0.3, -0.25) is 4.79 Å². The van der Waals surface area contributed by atoms with Crippen molar-refractivity contribution < 1.29 is 9.53 Å². The van der Waals surface area contributed by atoms with E-state index in [1.165, 1.54) is 0 Å². The van der Waals surface area contributed by atoms with Gasteiger partial charge in [-0.1, -0.05) is 0 Å². The molecule has 2 aliphatic rings. The first-order chi connectivity index (χ1) is 6.30. The smallest absolute Gasteiger partial charge is 0.309 e. The van der Waals surface area contributed by atoms with Crippen LogP contribution in [-0.4, -0.2) is 17.1 Å². The Labute approximate surface area is 85.0 Å². The molecule has 2 N–H and O–H groups in total. The Morgan fingerprint density at radius 2 is 2.07 bits per heavy atom. The zero-order valence-electron chi connectivity index (χ0n) is 9.17. The molecule has 3 nitrogen and oxygen atoms in total. The number of nitrogens with two attached hydrogens (primary N) is 1. The molecule has 0 aliphatic heterocycles. The summed E-state index contributed by atoms with van der Waals surface area (Å²) in [4.78, 5) is 11.7. The van der Waals surface area contributed by atoms with Crippen molar-refractivity contribution in [3.8, 4) is 0 Å². The molecule has 0 heterocycles. The number of hydrogen-bond donors (Lipinski definition) is 1. The molecule has 0 spiro atoms. The van der Waals surface area contributed by atoms with E-state index < -0.39 is 0 Å². The third-order valence-corrected chi connectivity index (χ3v) is 3.21. The summed E-state index contributed by atoms with van der Waals surface area (Å²) in [5.74, 6) is 0.576. The molecular formula is C11H19NO2. The van der Waals surface area contributed by atoms with E-state index in [2.05, 4.69) is 0 Å². The zero-order valence-corrected chi connectivity index (χ0v) is 9.17. The highest BCUT2D eigenvalue weighted by Crippen LogP contribution is 2.56. The van der Waals surface area contributed by atoms with Crippen LogP contribution in [0.25, 0.3) is 0 Å². The third-order valence-electron chi connectivity index (χ3n) is 3.21. The van der Waals surface area contributed by atoms with Gasteiger partial charge in [-0.2, -0.15) is 0 Å². The summed E-state index contributed by atoms with van der Waals surface area (Å²) in [6.45, 7) is 5.70. The molecule has 2 saturated carbocycles. The first-order valence-electron chi connectivity index (χ1n) is 5.32. The zero-order chi connectivity index (χ0) is 10.6. The van der Waals surface area contributed by atoms with Crippen LogP contribution in [0.3, 0.4) is 0 Å². The Hall–Kier alpha value is -0.570. The fraction of sp³-hybridized carbons (Fsp3) is 0.909. The predicted octanol–water partition coefficient (Wildman–Crippen LogP) is 1.46. The van der Waals surface area contributed by atoms with E-state index in [0.717, 1.165) is 19.3 Å². The van der Waals surface area contributed by atoms with E-state index in [9.17, 15) is 4.79 Å². The van der Waals surface area contributed by atoms with Gasteiger partial charge in [0.2, 0.25) is 0 Å². The van der Waals surface area contributed by atoms with Crippen LogP contribution in [0.5, 0.6) is 0 Å². The van der Waals surface area contributed by atoms with Gasteiger partial charge in [-0.15, -0.1) is 0 Å². The lowest BCUT2D eigenvalue weighted by atomic mass is 10.0. The van der Waals surface area contributed by atoms with Crippen LogP contribution in [0.15, 0.2) is 0 Å². The van der Waals surface area contributed by atoms with Crippen LogP contribution in [0, 0.1) is 11.8 Å². The number of rotatable bonds is 1. The van der Waals surface area contributed by atoms with Crippen molar-refractivity contribution in [1.82, 2.24) is 0 Å². The second kappa shape index (κ2) is 2.72. The van der Waals surface area contributed by atoms with Gasteiger partial charge in [-0.25, -0.2) is 0 Å². The van der Waals surface area contributed by atoms with Crippen LogP contribution >= 0.6 is 0 Å². The monoisotopic (exact) mass is 197 g/mol. The Morgan fingerprint density at radius 1 is 1.43 bits per heavy atom. The van der Waals surface area contributed by atoms with Gasteiger partial charge in [0.05, 0.1) is 5.92 Å². The predicted molar refractivity (Wildman–Crippen MR) is 53.6 cm³/mol. The second-order valence-electron chi connectivity index (χ2n) is 5.80. The fourth-order valence-electron chi connectivity index (χ4n) is 2.42. The van der Waals surface area contributed by atoms with Gasteiger partial charge in [0, 0.05) is 5.54 Å². The van der Waals surface area contributed by atoms with E-state index in [-0.39, 0.29) is 23.0 Å². The molecule has 0 radical (unpaired) electrons. The van der Waals surface area contributed by atoms with Crippen LogP contribution in [0.4, 0.5) is 0 Å². The molecule has 0 amide bonds. The summed E-state index contributed by atoms with van der Waals surface area (Å²) in [6.07, 6.45) is 2.87. The Balaban J connectivity index is 1.89. The van der Waals surface area contributed by atoms with Gasteiger partial charge in [0.25, 0.3) is 0 Å². The summed E-state index contributed by atoms with van der Waals surface area (Å²) in [5, 5.41) is 0. The molecule has 0 aromatic rings. The molecule has 2 rings (SSSR count). The molecule has 0 saturated heterocycles. The van der Waals surface area contributed by atoms with Gasteiger partial charge in [0.15, 0.2) is 0 Å². The molecule has 0 aromatic carbocycles. The Bertz CT molecular complexity index is 269. The number of carbonyl (C=O) groups is 1. The minimum absolute atomic E-state index is 0.0123. The first kappa shape index (κ1) is 9.97. The van der Waals surface area contributed by atoms with Crippen molar-refractivity contribution in [2.75, 3.05) is 0 Å². The number of fused-ring (bicyclic) bond motifs is 1. The van der Waals surface area contributed by atoms with Crippen molar-refractivity contribution in [2.24, 2.45) is 17.6 Å². The molecule has 0 bridgehead atoms. The third kappa shape index (κ3) is 1.78. The van der Waals surface area contributed by atoms with Gasteiger partial charge in [-0.05, 0) is 46.0 Å². The van der Waals surface area contributed by atoms with Gasteiger partial charge < -0.3 is 10.5 Å². The average molecular weight is 197 g/mol. The van der Waals surface area contributed by atoms with E-state index in [1.807, 2.05) is 20.8 Å². The summed E-state index contributed by atoms with van der Waals surface area (Å²) < 4.78 is 5.34. The topological polar surface area (TPSA) is 52.3 Å². The maximum absolute atomic E-state index is 11.7. The molecule has 3 unspecified atom stereocenters. The second-order valence-corrected chi connectivity index (χ2v) is 5.80. The number of esters is 1. The summed E-state index contributed by atoms with van der Waals surface area (Å²) in [7, 11) is 0. The van der Waals surface area contributed by atoms with Crippen molar-refractivity contribution in [1.29, 1.82) is 0 Å². The highest BCUT2D eigenvalue weighted by atomic mass is 16.6. The SMILES string of the molecule is CC(C)(C)OC(=O)C1CC2CC2(N)C1. The van der Waals surface area contributed by atoms with Crippen molar-refractivity contribution in [3.63, 3.8) is 0 Å². The molecular weight excluding hydrogens is 178 g/mol. The van der Waals surface area contributed by atoms with E-state index in [1.54, 1.807) is 0 Å². The summed E-state index contributed by atoms with van der Waals surface area (Å²) >= 11 is 0. The van der Waals surface area contributed by atoms with Crippen molar-refractivity contribution in [2.45, 2.75) is 51.2 Å². The summed E-state index contributed by atoms with van der Waals surface area (Å²) in [6, 6.07) is 0. The van der Waals surface area contributed by atoms with Crippen LogP contribution in [0.2, 0.25) is 0 Å². The molecule has 14 heavy (non-hydrogen) atoms. The van der Waals surface area contributed by atoms with Crippen LogP contribution in [-0.2, 0) is 9.53 Å². The number of ether oxygens (including phenoxy) is 1. The van der Waals surface area contributed by atoms with Crippen LogP contribution < -0.4 is 5.73 Å². The number of hydrogen-bond acceptors (Lipinski definition) is 3. The lowest BCUT2D eigenvalue weighted by Gasteiger charge is -2.22. The maximum atomic E-state index is 11.7. The minimum atomic E-state index is -0.369. The van der Waals surface area contributed by atoms with Crippen molar-refractivity contribution in [3.05, 3.63) is 0 Å². The molecule has 80 valence electrons. The fourth-order valence-corrected chi connectivity index (χ4v) is 2.42. The summed E-state index contributed by atoms with van der Waals surface area (Å²) in [5.41, 5.74) is 5.65. The van der Waals surface area contributed by atoms with E-state index >= 15 is 0 Å². The Morgan fingerprint density at radius 3 is 2.50 bits per heavy atom. The van der Waals surface area contributed by atoms with Gasteiger partial charge in [0.1, 0.15) is 5.60 Å². The lowest BCUT2D eigenvalue weighted by molar-refractivity contribution is -0.160. The van der Waals surface area contributed by atoms with Crippen LogP contribution in [0.1, 0.15) is 40.0 Å². The highest BCUT2D eigenvalue weighted by molar-refractivity contribution is 5.74. The normalized spacial score (nSPS) is 40.6. The van der Waals surface area contributed by atoms with E-state index in [4.69, 9.17) is 10.5 Å². The molecule has 2 aliphatic carbocycles. The Kier molecular flexibility index (Phi) is 1.94. The largest absolute Gasteiger partial charge is 0.460 e. The quantitative estimate of drug-likeness (QED) is 0.647. The van der Waals surface area contributed by atoms with E-state index in [0.29, 0.717) is 5.92 Å². The minimum Gasteiger partial charge on any atom is -0.460 e. The molecule has 3 heteroatoms. The standard InChI is InChI=1S/C11H19NO2/c1-10(2,3)14-9(13)7-4-8-6-11(8,12)5-7/h7-8H,4-6,12H2,1-3H3. The maximum Gasteiger partial charge on any atom is 0.309 e. The number of carbonyl (C=O) groups excluding carboxylic acids is 1. The van der Waals surface area contributed by atoms with Crippen molar-refractivity contribution >= 4 is 5.97 Å². The molecule has 3 atom stereocenters. The molecule has 2 fully saturated rings. The highest BCUT2D eigenvalue weighted by Gasteiger charge is 2.59. The van der Waals surface area contributed by atoms with Gasteiger partial charge >= 0.3 is 5.97 Å². The lowest BCUT2D eigenvalue weighted by Crippen LogP contribution is -2.30.